The van der Waals surface area contributed by atoms with Crippen LogP contribution in [0, 0.1) is 0 Å². The van der Waals surface area contributed by atoms with Gasteiger partial charge in [0.05, 0.1) is 6.61 Å². The van der Waals surface area contributed by atoms with E-state index in [-0.39, 0.29) is 11.4 Å². The molecule has 1 amide bonds. The van der Waals surface area contributed by atoms with E-state index < -0.39 is 5.91 Å². The van der Waals surface area contributed by atoms with Gasteiger partial charge in [0.25, 0.3) is 5.91 Å². The van der Waals surface area contributed by atoms with Gasteiger partial charge in [0.15, 0.2) is 5.82 Å². The maximum absolute atomic E-state index is 11.0. The first kappa shape index (κ1) is 12.8. The van der Waals surface area contributed by atoms with Crippen LogP contribution in [0.1, 0.15) is 23.8 Å². The number of nitrogens with zero attached hydrogens (tertiary/aromatic N) is 4. The molecule has 0 atom stereocenters. The maximum Gasteiger partial charge on any atom is 0.269 e. The summed E-state index contributed by atoms with van der Waals surface area (Å²) in [7, 11) is 0. The Labute approximate surface area is 109 Å². The van der Waals surface area contributed by atoms with Crippen molar-refractivity contribution in [3.63, 3.8) is 0 Å². The first-order chi connectivity index (χ1) is 9.13. The molecule has 0 radical (unpaired) electrons. The van der Waals surface area contributed by atoms with Crippen LogP contribution in [0.25, 0.3) is 5.82 Å². The van der Waals surface area contributed by atoms with Crippen molar-refractivity contribution < 1.29 is 9.53 Å². The third kappa shape index (κ3) is 2.62. The number of carbonyl (C=O) groups excluding carboxylic acids is 1. The zero-order valence-corrected chi connectivity index (χ0v) is 10.4. The molecule has 2 heterocycles. The molecule has 2 aromatic rings. The average Bonchev–Trinajstić information content (AvgIpc) is 2.87. The molecule has 0 aliphatic rings. The van der Waals surface area contributed by atoms with Gasteiger partial charge in [0.2, 0.25) is 5.88 Å². The third-order valence-electron chi connectivity index (χ3n) is 2.33. The highest BCUT2D eigenvalue weighted by atomic mass is 16.5. The van der Waals surface area contributed by atoms with E-state index in [0.29, 0.717) is 18.3 Å². The molecule has 19 heavy (non-hydrogen) atoms. The van der Waals surface area contributed by atoms with Crippen molar-refractivity contribution in [1.82, 2.24) is 19.7 Å². The van der Waals surface area contributed by atoms with E-state index in [2.05, 4.69) is 15.1 Å². The van der Waals surface area contributed by atoms with E-state index in [1.165, 1.54) is 17.1 Å². The summed E-state index contributed by atoms with van der Waals surface area (Å²) in [6.07, 6.45) is 3.71. The van der Waals surface area contributed by atoms with E-state index in [4.69, 9.17) is 16.2 Å². The monoisotopic (exact) mass is 262 g/mol. The maximum atomic E-state index is 11.0. The van der Waals surface area contributed by atoms with Crippen LogP contribution in [0.2, 0.25) is 0 Å². The number of amides is 1. The Bertz CT molecular complexity index is 595. The lowest BCUT2D eigenvalue weighted by Crippen LogP contribution is -2.13. The number of hydrogen-bond acceptors (Lipinski definition) is 6. The smallest absolute Gasteiger partial charge is 0.269 e. The summed E-state index contributed by atoms with van der Waals surface area (Å²) in [6, 6.07) is 1.48. The highest BCUT2D eigenvalue weighted by Crippen LogP contribution is 2.23. The average molecular weight is 262 g/mol. The van der Waals surface area contributed by atoms with Gasteiger partial charge in [-0.05, 0) is 12.5 Å². The first-order valence-electron chi connectivity index (χ1n) is 5.72. The van der Waals surface area contributed by atoms with E-state index in [9.17, 15) is 4.79 Å². The highest BCUT2D eigenvalue weighted by Gasteiger charge is 2.13. The van der Waals surface area contributed by atoms with Crippen molar-refractivity contribution in [3.8, 4) is 11.7 Å². The highest BCUT2D eigenvalue weighted by molar-refractivity contribution is 5.90. The van der Waals surface area contributed by atoms with E-state index in [1.54, 1.807) is 6.20 Å². The van der Waals surface area contributed by atoms with Crippen LogP contribution in [-0.4, -0.2) is 32.3 Å². The molecule has 4 N–H and O–H groups in total. The zero-order chi connectivity index (χ0) is 13.8. The number of anilines is 1. The fourth-order valence-corrected chi connectivity index (χ4v) is 1.44. The van der Waals surface area contributed by atoms with E-state index >= 15 is 0 Å². The molecular formula is C11H14N6O2. The van der Waals surface area contributed by atoms with Gasteiger partial charge >= 0.3 is 0 Å². The molecule has 0 fully saturated rings. The van der Waals surface area contributed by atoms with Crippen LogP contribution in [-0.2, 0) is 0 Å². The molecule has 8 heteroatoms. The van der Waals surface area contributed by atoms with Gasteiger partial charge in [-0.15, -0.1) is 0 Å². The minimum Gasteiger partial charge on any atom is -0.476 e. The van der Waals surface area contributed by atoms with Crippen LogP contribution in [0.4, 0.5) is 5.69 Å². The molecule has 0 spiro atoms. The largest absolute Gasteiger partial charge is 0.476 e. The minimum atomic E-state index is -0.617. The van der Waals surface area contributed by atoms with Crippen molar-refractivity contribution in [2.75, 3.05) is 12.3 Å². The molecule has 8 nitrogen and oxygen atoms in total. The summed E-state index contributed by atoms with van der Waals surface area (Å²) in [5.74, 6) is 0.0189. The fraction of sp³-hybridized carbons (Fsp3) is 0.273. The Kier molecular flexibility index (Phi) is 3.60. The van der Waals surface area contributed by atoms with Gasteiger partial charge in [0, 0.05) is 6.20 Å². The fourth-order valence-electron chi connectivity index (χ4n) is 1.44. The second kappa shape index (κ2) is 5.34. The van der Waals surface area contributed by atoms with E-state index in [1.807, 2.05) is 6.92 Å². The Balaban J connectivity index is 2.35. The number of ether oxygens (including phenoxy) is 1. The molecular weight excluding hydrogens is 248 g/mol. The quantitative estimate of drug-likeness (QED) is 0.789. The number of aromatic nitrogens is 4. The van der Waals surface area contributed by atoms with E-state index in [0.717, 1.165) is 6.42 Å². The topological polar surface area (TPSA) is 122 Å². The zero-order valence-electron chi connectivity index (χ0n) is 10.4. The Morgan fingerprint density at radius 2 is 2.26 bits per heavy atom. The molecule has 100 valence electrons. The number of rotatable bonds is 5. The minimum absolute atomic E-state index is 0.133. The van der Waals surface area contributed by atoms with Crippen LogP contribution in [0.3, 0.4) is 0 Å². The molecule has 0 aliphatic carbocycles. The number of hydrogen-bond donors (Lipinski definition) is 2. The molecule has 0 aliphatic heterocycles. The number of carbonyl (C=O) groups is 1. The molecule has 0 aromatic carbocycles. The summed E-state index contributed by atoms with van der Waals surface area (Å²) < 4.78 is 6.75. The predicted octanol–water partition coefficient (Wildman–Crippen LogP) is 0.132. The number of nitrogen functional groups attached to an aromatic ring is 1. The Morgan fingerprint density at radius 3 is 2.89 bits per heavy atom. The normalized spacial score (nSPS) is 10.4. The SMILES string of the molecule is CCCOc1ncnc(-n2ccc(C(N)=O)n2)c1N. The van der Waals surface area contributed by atoms with Crippen LogP contribution < -0.4 is 16.2 Å². The van der Waals surface area contributed by atoms with Crippen molar-refractivity contribution in [3.05, 3.63) is 24.3 Å². The molecule has 0 bridgehead atoms. The van der Waals surface area contributed by atoms with Gasteiger partial charge in [0.1, 0.15) is 17.7 Å². The van der Waals surface area contributed by atoms with Crippen LogP contribution >= 0.6 is 0 Å². The second-order valence-electron chi connectivity index (χ2n) is 3.77. The lowest BCUT2D eigenvalue weighted by molar-refractivity contribution is 0.0995. The molecule has 2 rings (SSSR count). The van der Waals surface area contributed by atoms with Gasteiger partial charge in [-0.1, -0.05) is 6.92 Å². The predicted molar refractivity (Wildman–Crippen MR) is 67.9 cm³/mol. The molecule has 2 aromatic heterocycles. The van der Waals surface area contributed by atoms with Crippen LogP contribution in [0.15, 0.2) is 18.6 Å². The van der Waals surface area contributed by atoms with Gasteiger partial charge in [-0.3, -0.25) is 4.79 Å². The summed E-state index contributed by atoms with van der Waals surface area (Å²) >= 11 is 0. The van der Waals surface area contributed by atoms with Gasteiger partial charge in [-0.2, -0.15) is 10.1 Å². The third-order valence-corrected chi connectivity index (χ3v) is 2.33. The lowest BCUT2D eigenvalue weighted by Gasteiger charge is -2.09. The van der Waals surface area contributed by atoms with Crippen molar-refractivity contribution in [1.29, 1.82) is 0 Å². The standard InChI is InChI=1S/C11H14N6O2/c1-2-5-19-11-8(12)10(14-6-15-11)17-4-3-7(16-17)9(13)18/h3-4,6H,2,5,12H2,1H3,(H2,13,18). The van der Waals surface area contributed by atoms with Crippen molar-refractivity contribution in [2.45, 2.75) is 13.3 Å². The molecule has 0 saturated carbocycles. The summed E-state index contributed by atoms with van der Waals surface area (Å²) in [5.41, 5.74) is 11.4. The molecule has 0 saturated heterocycles. The summed E-state index contributed by atoms with van der Waals surface area (Å²) in [4.78, 5) is 19.0. The Morgan fingerprint density at radius 1 is 1.47 bits per heavy atom. The lowest BCUT2D eigenvalue weighted by atomic mass is 10.4. The Hall–Kier alpha value is -2.64. The number of primary amides is 1. The van der Waals surface area contributed by atoms with Crippen LogP contribution in [0.5, 0.6) is 5.88 Å². The first-order valence-corrected chi connectivity index (χ1v) is 5.72. The van der Waals surface area contributed by atoms with Crippen molar-refractivity contribution in [2.24, 2.45) is 5.73 Å². The number of nitrogens with two attached hydrogens (primary N) is 2. The van der Waals surface area contributed by atoms with Crippen molar-refractivity contribution >= 4 is 11.6 Å². The molecule has 0 unspecified atom stereocenters. The second-order valence-corrected chi connectivity index (χ2v) is 3.77. The van der Waals surface area contributed by atoms with Gasteiger partial charge < -0.3 is 16.2 Å². The summed E-state index contributed by atoms with van der Waals surface area (Å²) in [6.45, 7) is 2.48. The van der Waals surface area contributed by atoms with Gasteiger partial charge in [-0.25, -0.2) is 9.67 Å². The summed E-state index contributed by atoms with van der Waals surface area (Å²) in [5, 5.41) is 3.98.